The van der Waals surface area contributed by atoms with Gasteiger partial charge in [-0.15, -0.1) is 44.6 Å². The molecule has 6 heterocycles. The van der Waals surface area contributed by atoms with E-state index in [2.05, 4.69) is 42.1 Å². The Hall–Kier alpha value is -6.95. The van der Waals surface area contributed by atoms with Gasteiger partial charge in [-0.2, -0.15) is 0 Å². The Labute approximate surface area is 475 Å². The Morgan fingerprint density at radius 1 is 0.861 bits per heavy atom. The second-order valence-corrected chi connectivity index (χ2v) is 24.9. The van der Waals surface area contributed by atoms with E-state index in [4.69, 9.17) is 22.3 Å². The maximum Gasteiger partial charge on any atom is 0.247 e. The minimum absolute atomic E-state index is 0.107. The van der Waals surface area contributed by atoms with Gasteiger partial charge in [0.15, 0.2) is 5.82 Å². The van der Waals surface area contributed by atoms with E-state index in [-0.39, 0.29) is 49.8 Å². The maximum atomic E-state index is 14.5. The molecule has 20 nitrogen and oxygen atoms in total. The third-order valence-corrected chi connectivity index (χ3v) is 17.7. The van der Waals surface area contributed by atoms with Crippen molar-refractivity contribution in [3.05, 3.63) is 109 Å². The van der Waals surface area contributed by atoms with Crippen LogP contribution in [0.15, 0.2) is 65.0 Å². The molecule has 3 aromatic heterocycles. The fourth-order valence-corrected chi connectivity index (χ4v) is 13.0. The predicted octanol–water partition coefficient (Wildman–Crippen LogP) is 4.68. The Morgan fingerprint density at radius 3 is 2.24 bits per heavy atom. The van der Waals surface area contributed by atoms with E-state index < -0.39 is 95.5 Å². The molecule has 2 fully saturated rings. The van der Waals surface area contributed by atoms with Crippen LogP contribution in [0.2, 0.25) is 5.02 Å². The first kappa shape index (κ1) is 58.2. The number of nitrogens with two attached hydrogens (primary N) is 1. The summed E-state index contributed by atoms with van der Waals surface area (Å²) in [7, 11) is 0. The number of nitrogens with one attached hydrogen (secondary N) is 6. The van der Waals surface area contributed by atoms with Crippen LogP contribution in [0.4, 0.5) is 0 Å². The summed E-state index contributed by atoms with van der Waals surface area (Å²) in [5, 5.41) is 28.6. The highest BCUT2D eigenvalue weighted by molar-refractivity contribution is 8.00. The summed E-state index contributed by atoms with van der Waals surface area (Å²) in [6.45, 7) is 14.5. The molecule has 7 atom stereocenters. The van der Waals surface area contributed by atoms with Crippen LogP contribution in [0.1, 0.15) is 103 Å². The highest BCUT2D eigenvalue weighted by Crippen LogP contribution is 2.40. The lowest BCUT2D eigenvalue weighted by molar-refractivity contribution is -0.144. The maximum absolute atomic E-state index is 14.5. The van der Waals surface area contributed by atoms with Crippen molar-refractivity contribution >= 4 is 99.0 Å². The zero-order valence-corrected chi connectivity index (χ0v) is 48.4. The molecule has 0 unspecified atom stereocenters. The topological polar surface area (TPSA) is 281 Å². The molecule has 418 valence electrons. The monoisotopic (exact) mass is 1150 g/mol. The number of hydrogen-bond acceptors (Lipinski definition) is 14. The van der Waals surface area contributed by atoms with Crippen LogP contribution in [0.5, 0.6) is 0 Å². The summed E-state index contributed by atoms with van der Waals surface area (Å²) in [4.78, 5) is 121. The molecule has 8 rings (SSSR count). The molecule has 0 saturated carbocycles. The number of rotatable bonds is 9. The third kappa shape index (κ3) is 13.4. The molecule has 2 aromatic carbocycles. The number of carbonyl (C=O) groups excluding carboxylic acids is 8. The van der Waals surface area contributed by atoms with Gasteiger partial charge in [0.05, 0.1) is 24.4 Å². The van der Waals surface area contributed by atoms with Gasteiger partial charge in [-0.25, -0.2) is 0 Å². The zero-order chi connectivity index (χ0) is 57.0. The molecule has 8 N–H and O–H groups in total. The minimum Gasteiger partial charge on any atom is -0.368 e. The number of aryl methyl sites for hydroxylation is 3. The fourth-order valence-electron chi connectivity index (χ4n) is 9.85. The Bertz CT molecular complexity index is 3200. The molecule has 0 spiro atoms. The number of thiophene rings is 2. The molecule has 24 heteroatoms. The molecule has 0 radical (unpaired) electrons. The number of amides is 8. The quantitative estimate of drug-likeness (QED) is 0.106. The summed E-state index contributed by atoms with van der Waals surface area (Å²) < 4.78 is 1.92. The smallest absolute Gasteiger partial charge is 0.247 e. The number of hydrogen-bond donors (Lipinski definition) is 7. The van der Waals surface area contributed by atoms with Gasteiger partial charge in [0.2, 0.25) is 47.3 Å². The van der Waals surface area contributed by atoms with Crippen molar-refractivity contribution in [3.63, 3.8) is 0 Å². The van der Waals surface area contributed by atoms with E-state index in [9.17, 15) is 38.4 Å². The standard InChI is InChI=1S/C55H65ClN12O8S3/c1-27-21-39-51(74)64-45(33-9-11-34(12-10-33)46-28(2)18-20-78-46)52(75)59-23-41(70)60-36(50(73)62-38(48(57)72)25-77-26-42(71)63-47(55(6,7)8)53(76)67(39)24-27)17-19-58-40(69)22-37-49-66-65-31(5)68(49)54-43(29(3)30(4)79-54)44(61-37)32-13-15-35(56)16-14-32/h9-16,18,20,27,36-39,45,47H,17,19,21-26H2,1-8H3,(H2,57,72)(H,58,69)(H,59,75)(H,60,70)(H,62,73)(H,63,71)(H,64,74)/t27-,36-,37+,38-,39+,45+,47-/m1/s1. The highest BCUT2D eigenvalue weighted by Gasteiger charge is 2.45. The predicted molar refractivity (Wildman–Crippen MR) is 305 cm³/mol. The van der Waals surface area contributed by atoms with Gasteiger partial charge >= 0.3 is 0 Å². The lowest BCUT2D eigenvalue weighted by Gasteiger charge is -2.35. The number of fused-ring (bicyclic) bond motifs is 4. The van der Waals surface area contributed by atoms with Gasteiger partial charge in [0, 0.05) is 44.7 Å². The largest absolute Gasteiger partial charge is 0.368 e. The molecule has 2 saturated heterocycles. The summed E-state index contributed by atoms with van der Waals surface area (Å²) >= 11 is 10.4. The van der Waals surface area contributed by atoms with Crippen LogP contribution in [0, 0.1) is 39.0 Å². The lowest BCUT2D eigenvalue weighted by atomic mass is 9.85. The van der Waals surface area contributed by atoms with Crippen molar-refractivity contribution in [1.82, 2.24) is 51.6 Å². The summed E-state index contributed by atoms with van der Waals surface area (Å²) in [6, 6.07) is 9.41. The Morgan fingerprint density at radius 2 is 1.57 bits per heavy atom. The molecular weight excluding hydrogens is 1090 g/mol. The van der Waals surface area contributed by atoms with Crippen LogP contribution < -0.4 is 37.6 Å². The molecule has 5 aromatic rings. The van der Waals surface area contributed by atoms with E-state index >= 15 is 0 Å². The minimum atomic E-state index is -1.40. The first-order valence-electron chi connectivity index (χ1n) is 25.9. The second-order valence-electron chi connectivity index (χ2n) is 21.3. The zero-order valence-electron chi connectivity index (χ0n) is 45.2. The number of primary amides is 1. The fraction of sp³-hybridized carbons (Fsp3) is 0.436. The first-order chi connectivity index (χ1) is 37.5. The number of halogens is 1. The van der Waals surface area contributed by atoms with Crippen LogP contribution >= 0.6 is 46.0 Å². The summed E-state index contributed by atoms with van der Waals surface area (Å²) in [5.41, 5.74) is 10.7. The number of nitrogens with zero attached hydrogens (tertiary/aromatic N) is 5. The molecule has 3 aliphatic heterocycles. The van der Waals surface area contributed by atoms with E-state index in [0.717, 1.165) is 54.3 Å². The molecular formula is C55H65ClN12O8S3. The third-order valence-electron chi connectivity index (χ3n) is 14.2. The van der Waals surface area contributed by atoms with Crippen LogP contribution in [0.3, 0.4) is 0 Å². The van der Waals surface area contributed by atoms with Gasteiger partial charge in [-0.3, -0.25) is 47.9 Å². The second kappa shape index (κ2) is 24.6. The molecule has 8 amide bonds. The van der Waals surface area contributed by atoms with Gasteiger partial charge in [-0.1, -0.05) is 75.7 Å². The van der Waals surface area contributed by atoms with Gasteiger partial charge in [0.25, 0.3) is 0 Å². The molecule has 3 aliphatic rings. The van der Waals surface area contributed by atoms with E-state index in [0.29, 0.717) is 27.9 Å². The normalized spacial score (nSPS) is 22.8. The van der Waals surface area contributed by atoms with Gasteiger partial charge in [-0.05, 0) is 97.7 Å². The van der Waals surface area contributed by atoms with Crippen molar-refractivity contribution in [2.75, 3.05) is 31.1 Å². The molecule has 0 bridgehead atoms. The number of thioether (sulfide) groups is 1. The van der Waals surface area contributed by atoms with Crippen molar-refractivity contribution in [3.8, 4) is 15.4 Å². The van der Waals surface area contributed by atoms with Gasteiger partial charge in [0.1, 0.15) is 47.1 Å². The number of carbonyl (C=O) groups is 8. The van der Waals surface area contributed by atoms with Crippen LogP contribution in [0.25, 0.3) is 15.4 Å². The lowest BCUT2D eigenvalue weighted by Crippen LogP contribution is -2.58. The number of benzene rings is 2. The van der Waals surface area contributed by atoms with Crippen molar-refractivity contribution in [1.29, 1.82) is 0 Å². The van der Waals surface area contributed by atoms with Crippen molar-refractivity contribution in [2.45, 2.75) is 111 Å². The number of aliphatic imine (C=N–C) groups is 1. The summed E-state index contributed by atoms with van der Waals surface area (Å²) in [5.74, 6) is -4.87. The average molecular weight is 1150 g/mol. The van der Waals surface area contributed by atoms with Crippen molar-refractivity contribution in [2.24, 2.45) is 22.1 Å². The Kier molecular flexibility index (Phi) is 18.1. The average Bonchev–Trinajstić information content (AvgIpc) is 4.31. The van der Waals surface area contributed by atoms with Crippen LogP contribution in [-0.2, 0) is 38.4 Å². The number of aromatic nitrogens is 3. The van der Waals surface area contributed by atoms with E-state index in [1.165, 1.54) is 4.90 Å². The molecule has 79 heavy (non-hydrogen) atoms. The van der Waals surface area contributed by atoms with E-state index in [1.54, 1.807) is 67.7 Å². The van der Waals surface area contributed by atoms with Crippen molar-refractivity contribution < 1.29 is 38.4 Å². The van der Waals surface area contributed by atoms with E-state index in [1.807, 2.05) is 74.9 Å². The molecule has 0 aliphatic carbocycles. The Balaban J connectivity index is 1.05. The SMILES string of the molecule is Cc1ccsc1-c1ccc([C@@H]2NC(=O)[C@@H]3C[C@@H](C)CN3C(=O)[C@H](C(C)(C)C)NC(=O)CSC[C@H](C(N)=O)NC(=O)[C@@H](CCNC(=O)C[C@@H]3N=C(c4ccc(Cl)cc4)c4c(sc(C)c4C)-n4c(C)nnc43)NC(=O)CNC2=O)cc1. The van der Waals surface area contributed by atoms with Gasteiger partial charge < -0.3 is 42.5 Å². The first-order valence-corrected chi connectivity index (χ1v) is 29.1. The summed E-state index contributed by atoms with van der Waals surface area (Å²) in [6.07, 6.45) is -0.0932. The van der Waals surface area contributed by atoms with Crippen LogP contribution in [-0.4, -0.2) is 128 Å². The highest BCUT2D eigenvalue weighted by atomic mass is 35.5.